The predicted octanol–water partition coefficient (Wildman–Crippen LogP) is 15.8. The molecule has 0 saturated carbocycles. The Labute approximate surface area is 334 Å². The Morgan fingerprint density at radius 3 is 1.40 bits per heavy atom. The molecule has 0 aliphatic carbocycles. The van der Waals surface area contributed by atoms with Gasteiger partial charge >= 0.3 is 0 Å². The molecule has 0 aliphatic heterocycles. The molecule has 0 saturated heterocycles. The summed E-state index contributed by atoms with van der Waals surface area (Å²) in [5, 5.41) is 4.90. The average Bonchev–Trinajstić information content (AvgIpc) is 3.30. The van der Waals surface area contributed by atoms with Crippen molar-refractivity contribution in [3.63, 3.8) is 0 Å². The van der Waals surface area contributed by atoms with Crippen LogP contribution < -0.4 is 4.90 Å². The molecule has 10 aromatic rings. The van der Waals surface area contributed by atoms with Gasteiger partial charge in [-0.15, -0.1) is 0 Å². The van der Waals surface area contributed by atoms with Gasteiger partial charge in [-0.05, 0) is 103 Å². The minimum absolute atomic E-state index is 1.09. The summed E-state index contributed by atoms with van der Waals surface area (Å²) in [6.45, 7) is 0. The third-order valence-corrected chi connectivity index (χ3v) is 11.1. The lowest BCUT2D eigenvalue weighted by atomic mass is 9.89. The van der Waals surface area contributed by atoms with Crippen molar-refractivity contribution in [2.24, 2.45) is 0 Å². The Hall–Kier alpha value is -7.48. The number of para-hydroxylation sites is 1. The van der Waals surface area contributed by atoms with Crippen LogP contribution in [0.25, 0.3) is 77.2 Å². The van der Waals surface area contributed by atoms with Crippen molar-refractivity contribution in [1.29, 1.82) is 0 Å². The van der Waals surface area contributed by atoms with Crippen molar-refractivity contribution < 1.29 is 0 Å². The first kappa shape index (κ1) is 34.0. The second-order valence-corrected chi connectivity index (χ2v) is 14.5. The normalized spacial score (nSPS) is 11.2. The first-order chi connectivity index (χ1) is 28.3. The molecule has 0 radical (unpaired) electrons. The number of anilines is 3. The molecule has 10 rings (SSSR count). The van der Waals surface area contributed by atoms with Crippen LogP contribution in [0.15, 0.2) is 237 Å². The quantitative estimate of drug-likeness (QED) is 0.141. The van der Waals surface area contributed by atoms with Crippen molar-refractivity contribution in [1.82, 2.24) is 0 Å². The van der Waals surface area contributed by atoms with Crippen LogP contribution in [0.2, 0.25) is 0 Å². The highest BCUT2D eigenvalue weighted by Crippen LogP contribution is 2.47. The number of rotatable bonds is 8. The van der Waals surface area contributed by atoms with E-state index in [-0.39, 0.29) is 0 Å². The predicted molar refractivity (Wildman–Crippen MR) is 243 cm³/mol. The SMILES string of the molecule is c1ccc(-c2cccc(-c3ccc(N(c4ccccc4-c4ccc(-c5ccccc5)cc4-c4ccccc4)c4cc5ccccc5c5ccccc45)cc3)c2)cc1. The van der Waals surface area contributed by atoms with E-state index in [1.165, 1.54) is 71.6 Å². The number of hydrogen-bond acceptors (Lipinski definition) is 1. The molecule has 268 valence electrons. The molecule has 0 fully saturated rings. The van der Waals surface area contributed by atoms with Crippen molar-refractivity contribution in [3.05, 3.63) is 237 Å². The summed E-state index contributed by atoms with van der Waals surface area (Å²) in [6.07, 6.45) is 0. The monoisotopic (exact) mass is 725 g/mol. The smallest absolute Gasteiger partial charge is 0.0546 e. The van der Waals surface area contributed by atoms with Crippen LogP contribution in [0.4, 0.5) is 17.1 Å². The molecule has 0 aliphatic rings. The van der Waals surface area contributed by atoms with Gasteiger partial charge in [0, 0.05) is 16.6 Å². The molecule has 10 aromatic carbocycles. The number of fused-ring (bicyclic) bond motifs is 3. The van der Waals surface area contributed by atoms with Crippen molar-refractivity contribution >= 4 is 38.6 Å². The van der Waals surface area contributed by atoms with Gasteiger partial charge in [-0.2, -0.15) is 0 Å². The summed E-state index contributed by atoms with van der Waals surface area (Å²) in [6, 6.07) is 85.7. The topological polar surface area (TPSA) is 3.24 Å². The largest absolute Gasteiger partial charge is 0.309 e. The lowest BCUT2D eigenvalue weighted by Crippen LogP contribution is -2.12. The summed E-state index contributed by atoms with van der Waals surface area (Å²) in [4.78, 5) is 2.47. The van der Waals surface area contributed by atoms with Gasteiger partial charge in [-0.1, -0.05) is 200 Å². The summed E-state index contributed by atoms with van der Waals surface area (Å²) in [5.74, 6) is 0. The molecule has 1 nitrogen and oxygen atoms in total. The molecular weight excluding hydrogens is 687 g/mol. The van der Waals surface area contributed by atoms with Crippen molar-refractivity contribution in [2.75, 3.05) is 4.90 Å². The third kappa shape index (κ3) is 6.56. The van der Waals surface area contributed by atoms with Gasteiger partial charge in [-0.25, -0.2) is 0 Å². The Morgan fingerprint density at radius 2 is 0.719 bits per heavy atom. The van der Waals surface area contributed by atoms with E-state index in [4.69, 9.17) is 0 Å². The third-order valence-electron chi connectivity index (χ3n) is 11.1. The van der Waals surface area contributed by atoms with E-state index in [9.17, 15) is 0 Å². The van der Waals surface area contributed by atoms with E-state index in [0.717, 1.165) is 22.6 Å². The molecule has 0 unspecified atom stereocenters. The van der Waals surface area contributed by atoms with Gasteiger partial charge in [0.1, 0.15) is 0 Å². The summed E-state index contributed by atoms with van der Waals surface area (Å²) in [7, 11) is 0. The van der Waals surface area contributed by atoms with Crippen LogP contribution in [0.3, 0.4) is 0 Å². The van der Waals surface area contributed by atoms with Gasteiger partial charge < -0.3 is 4.90 Å². The first-order valence-corrected chi connectivity index (χ1v) is 19.6. The maximum Gasteiger partial charge on any atom is 0.0546 e. The van der Waals surface area contributed by atoms with Gasteiger partial charge in [0.2, 0.25) is 0 Å². The Balaban J connectivity index is 1.18. The Morgan fingerprint density at radius 1 is 0.228 bits per heavy atom. The van der Waals surface area contributed by atoms with Gasteiger partial charge in [0.15, 0.2) is 0 Å². The minimum Gasteiger partial charge on any atom is -0.309 e. The van der Waals surface area contributed by atoms with Gasteiger partial charge in [0.25, 0.3) is 0 Å². The Kier molecular flexibility index (Phi) is 8.95. The highest BCUT2D eigenvalue weighted by Gasteiger charge is 2.22. The molecule has 0 spiro atoms. The molecule has 0 bridgehead atoms. The molecular formula is C56H39N. The van der Waals surface area contributed by atoms with Crippen LogP contribution in [-0.4, -0.2) is 0 Å². The minimum atomic E-state index is 1.09. The maximum atomic E-state index is 2.47. The number of benzene rings is 10. The van der Waals surface area contributed by atoms with Crippen LogP contribution in [-0.2, 0) is 0 Å². The molecule has 0 N–H and O–H groups in total. The molecule has 0 amide bonds. The molecule has 1 heteroatoms. The second-order valence-electron chi connectivity index (χ2n) is 14.5. The number of hydrogen-bond donors (Lipinski definition) is 0. The molecule has 0 heterocycles. The van der Waals surface area contributed by atoms with Crippen LogP contribution >= 0.6 is 0 Å². The maximum absolute atomic E-state index is 2.47. The first-order valence-electron chi connectivity index (χ1n) is 19.6. The average molecular weight is 726 g/mol. The zero-order chi connectivity index (χ0) is 38.0. The van der Waals surface area contributed by atoms with E-state index in [0.29, 0.717) is 0 Å². The van der Waals surface area contributed by atoms with E-state index in [1.807, 2.05) is 0 Å². The van der Waals surface area contributed by atoms with E-state index >= 15 is 0 Å². The molecule has 0 atom stereocenters. The van der Waals surface area contributed by atoms with E-state index < -0.39 is 0 Å². The lowest BCUT2D eigenvalue weighted by Gasteiger charge is -2.30. The highest BCUT2D eigenvalue weighted by molar-refractivity contribution is 6.15. The summed E-state index contributed by atoms with van der Waals surface area (Å²) < 4.78 is 0. The van der Waals surface area contributed by atoms with E-state index in [2.05, 4.69) is 241 Å². The Bertz CT molecular complexity index is 2990. The standard InChI is InChI=1S/C56H39N/c1-4-17-40(18-5-1)44-24-16-25-45(37-44)42-31-34-48(35-32-42)57(56-39-47-23-10-11-26-49(47)50-27-12-13-29-53(50)56)55-30-15-14-28-52(55)51-36-33-46(41-19-6-2-7-20-41)38-54(51)43-21-8-3-9-22-43/h1-39H. The zero-order valence-corrected chi connectivity index (χ0v) is 31.5. The number of nitrogens with zero attached hydrogens (tertiary/aromatic N) is 1. The van der Waals surface area contributed by atoms with Crippen LogP contribution in [0.1, 0.15) is 0 Å². The zero-order valence-electron chi connectivity index (χ0n) is 31.5. The summed E-state index contributed by atoms with van der Waals surface area (Å²) >= 11 is 0. The van der Waals surface area contributed by atoms with Gasteiger partial charge in [-0.3, -0.25) is 0 Å². The van der Waals surface area contributed by atoms with Crippen LogP contribution in [0.5, 0.6) is 0 Å². The van der Waals surface area contributed by atoms with Crippen LogP contribution in [0, 0.1) is 0 Å². The molecule has 0 aromatic heterocycles. The van der Waals surface area contributed by atoms with Crippen molar-refractivity contribution in [2.45, 2.75) is 0 Å². The van der Waals surface area contributed by atoms with E-state index in [1.54, 1.807) is 0 Å². The lowest BCUT2D eigenvalue weighted by molar-refractivity contribution is 1.30. The molecule has 57 heavy (non-hydrogen) atoms. The van der Waals surface area contributed by atoms with Crippen molar-refractivity contribution in [3.8, 4) is 55.6 Å². The summed E-state index contributed by atoms with van der Waals surface area (Å²) in [5.41, 5.74) is 15.3. The fourth-order valence-electron chi connectivity index (χ4n) is 8.28. The fraction of sp³-hybridized carbons (Fsp3) is 0. The van der Waals surface area contributed by atoms with Gasteiger partial charge in [0.05, 0.1) is 11.4 Å². The fourth-order valence-corrected chi connectivity index (χ4v) is 8.28. The highest BCUT2D eigenvalue weighted by atomic mass is 15.1. The second kappa shape index (κ2) is 15.0.